The van der Waals surface area contributed by atoms with E-state index < -0.39 is 0 Å². The molecule has 0 aliphatic heterocycles. The molecule has 13 heavy (non-hydrogen) atoms. The van der Waals surface area contributed by atoms with E-state index in [9.17, 15) is 4.79 Å². The Balaban J connectivity index is 2.11. The summed E-state index contributed by atoms with van der Waals surface area (Å²) in [4.78, 5) is 11.4. The highest BCUT2D eigenvalue weighted by Crippen LogP contribution is 2.46. The molecule has 3 aliphatic carbocycles. The van der Waals surface area contributed by atoms with Crippen LogP contribution in [-0.2, 0) is 9.53 Å². The Bertz CT molecular complexity index is 219. The van der Waals surface area contributed by atoms with Crippen molar-refractivity contribution in [2.24, 2.45) is 17.6 Å². The minimum Gasteiger partial charge on any atom is -0.469 e. The minimum atomic E-state index is -0.0619. The van der Waals surface area contributed by atoms with Gasteiger partial charge in [0.1, 0.15) is 0 Å². The van der Waals surface area contributed by atoms with Crippen molar-refractivity contribution in [3.05, 3.63) is 0 Å². The van der Waals surface area contributed by atoms with E-state index in [-0.39, 0.29) is 17.4 Å². The Morgan fingerprint density at radius 1 is 1.46 bits per heavy atom. The number of carbonyl (C=O) groups is 1. The third-order valence-corrected chi connectivity index (χ3v) is 3.73. The number of rotatable bonds is 1. The van der Waals surface area contributed by atoms with Crippen LogP contribution in [0.4, 0.5) is 0 Å². The number of hydrogen-bond acceptors (Lipinski definition) is 3. The molecule has 2 N–H and O–H groups in total. The van der Waals surface area contributed by atoms with Crippen molar-refractivity contribution < 1.29 is 9.53 Å². The summed E-state index contributed by atoms with van der Waals surface area (Å²) >= 11 is 0. The molecule has 0 aromatic rings. The monoisotopic (exact) mass is 183 g/mol. The molecule has 3 nitrogen and oxygen atoms in total. The zero-order chi connectivity index (χ0) is 9.47. The highest BCUT2D eigenvalue weighted by molar-refractivity contribution is 5.73. The molecule has 74 valence electrons. The van der Waals surface area contributed by atoms with E-state index in [0.717, 1.165) is 32.1 Å². The molecule has 0 aromatic heterocycles. The van der Waals surface area contributed by atoms with Crippen LogP contribution in [0.3, 0.4) is 0 Å². The summed E-state index contributed by atoms with van der Waals surface area (Å²) in [5, 5.41) is 0. The van der Waals surface area contributed by atoms with Crippen LogP contribution in [0, 0.1) is 11.8 Å². The van der Waals surface area contributed by atoms with Gasteiger partial charge in [0.25, 0.3) is 0 Å². The zero-order valence-corrected chi connectivity index (χ0v) is 8.08. The number of fused-ring (bicyclic) bond motifs is 3. The topological polar surface area (TPSA) is 52.3 Å². The molecule has 0 saturated heterocycles. The van der Waals surface area contributed by atoms with Gasteiger partial charge in [-0.05, 0) is 38.0 Å². The van der Waals surface area contributed by atoms with Crippen LogP contribution in [0.15, 0.2) is 0 Å². The Hall–Kier alpha value is -0.570. The molecule has 1 unspecified atom stereocenters. The Kier molecular flexibility index (Phi) is 2.06. The van der Waals surface area contributed by atoms with Gasteiger partial charge in [-0.3, -0.25) is 4.79 Å². The third kappa shape index (κ3) is 1.46. The van der Waals surface area contributed by atoms with Gasteiger partial charge in [0.15, 0.2) is 0 Å². The molecule has 3 saturated carbocycles. The Morgan fingerprint density at radius 3 is 2.54 bits per heavy atom. The maximum Gasteiger partial charge on any atom is 0.309 e. The van der Waals surface area contributed by atoms with E-state index in [0.29, 0.717) is 5.92 Å². The molecular formula is C10H17NO2. The summed E-state index contributed by atoms with van der Waals surface area (Å²) in [6.07, 6.45) is 5.23. The molecule has 0 heterocycles. The predicted octanol–water partition coefficient (Wildman–Crippen LogP) is 1.07. The highest BCUT2D eigenvalue weighted by atomic mass is 16.5. The molecule has 3 fully saturated rings. The number of nitrogens with two attached hydrogens (primary N) is 1. The average Bonchev–Trinajstić information content (AvgIpc) is 2.16. The lowest BCUT2D eigenvalue weighted by Crippen LogP contribution is -2.53. The summed E-state index contributed by atoms with van der Waals surface area (Å²) < 4.78 is 4.79. The second kappa shape index (κ2) is 2.98. The van der Waals surface area contributed by atoms with Gasteiger partial charge >= 0.3 is 5.97 Å². The molecule has 1 atom stereocenters. The van der Waals surface area contributed by atoms with Gasteiger partial charge in [0.05, 0.1) is 13.0 Å². The van der Waals surface area contributed by atoms with Gasteiger partial charge in [0.2, 0.25) is 0 Å². The first kappa shape index (κ1) is 9.00. The van der Waals surface area contributed by atoms with Crippen molar-refractivity contribution >= 4 is 5.97 Å². The van der Waals surface area contributed by atoms with Gasteiger partial charge in [-0.1, -0.05) is 0 Å². The second-order valence-electron chi connectivity index (χ2n) is 4.53. The lowest BCUT2D eigenvalue weighted by Gasteiger charge is -2.47. The van der Waals surface area contributed by atoms with Gasteiger partial charge in [0, 0.05) is 5.54 Å². The average molecular weight is 183 g/mol. The SMILES string of the molecule is COC(=O)C1CC2(N)CCC1CC2. The Labute approximate surface area is 78.6 Å². The fraction of sp³-hybridized carbons (Fsp3) is 0.900. The molecule has 3 heteroatoms. The van der Waals surface area contributed by atoms with Gasteiger partial charge in [-0.25, -0.2) is 0 Å². The van der Waals surface area contributed by atoms with E-state index >= 15 is 0 Å². The van der Waals surface area contributed by atoms with Gasteiger partial charge in [-0.15, -0.1) is 0 Å². The summed E-state index contributed by atoms with van der Waals surface area (Å²) in [7, 11) is 1.47. The number of esters is 1. The molecule has 3 aliphatic rings. The molecular weight excluding hydrogens is 166 g/mol. The Morgan fingerprint density at radius 2 is 2.08 bits per heavy atom. The fourth-order valence-electron chi connectivity index (χ4n) is 2.85. The summed E-state index contributed by atoms with van der Waals surface area (Å²) in [6.45, 7) is 0. The number of methoxy groups -OCH3 is 1. The largest absolute Gasteiger partial charge is 0.469 e. The molecule has 2 bridgehead atoms. The van der Waals surface area contributed by atoms with Crippen molar-refractivity contribution in [3.8, 4) is 0 Å². The van der Waals surface area contributed by atoms with Crippen LogP contribution in [0.5, 0.6) is 0 Å². The summed E-state index contributed by atoms with van der Waals surface area (Å²) in [5.74, 6) is 0.564. The molecule has 0 amide bonds. The summed E-state index contributed by atoms with van der Waals surface area (Å²) in [5.41, 5.74) is 6.11. The van der Waals surface area contributed by atoms with E-state index in [4.69, 9.17) is 10.5 Å². The molecule has 3 rings (SSSR count). The third-order valence-electron chi connectivity index (χ3n) is 3.73. The van der Waals surface area contributed by atoms with Crippen molar-refractivity contribution in [3.63, 3.8) is 0 Å². The lowest BCUT2D eigenvalue weighted by atomic mass is 9.61. The van der Waals surface area contributed by atoms with Gasteiger partial charge in [-0.2, -0.15) is 0 Å². The van der Waals surface area contributed by atoms with Crippen LogP contribution in [0.25, 0.3) is 0 Å². The standard InChI is InChI=1S/C10H17NO2/c1-13-9(12)8-6-10(11)4-2-7(8)3-5-10/h7-8H,2-6,11H2,1H3. The lowest BCUT2D eigenvalue weighted by molar-refractivity contribution is -0.151. The minimum absolute atomic E-state index is 0.0563. The van der Waals surface area contributed by atoms with E-state index in [2.05, 4.69) is 0 Å². The fourth-order valence-corrected chi connectivity index (χ4v) is 2.85. The first-order chi connectivity index (χ1) is 6.14. The normalized spacial score (nSPS) is 43.2. The molecule has 0 aromatic carbocycles. The van der Waals surface area contributed by atoms with Crippen LogP contribution < -0.4 is 5.73 Å². The number of carbonyl (C=O) groups excluding carboxylic acids is 1. The molecule has 0 radical (unpaired) electrons. The first-order valence-electron chi connectivity index (χ1n) is 5.01. The van der Waals surface area contributed by atoms with E-state index in [1.54, 1.807) is 0 Å². The zero-order valence-electron chi connectivity index (χ0n) is 8.08. The van der Waals surface area contributed by atoms with Crippen molar-refractivity contribution in [1.82, 2.24) is 0 Å². The number of hydrogen-bond donors (Lipinski definition) is 1. The van der Waals surface area contributed by atoms with Gasteiger partial charge < -0.3 is 10.5 Å². The van der Waals surface area contributed by atoms with Crippen molar-refractivity contribution in [1.29, 1.82) is 0 Å². The second-order valence-corrected chi connectivity index (χ2v) is 4.53. The van der Waals surface area contributed by atoms with E-state index in [1.165, 1.54) is 7.11 Å². The smallest absolute Gasteiger partial charge is 0.309 e. The van der Waals surface area contributed by atoms with Crippen LogP contribution >= 0.6 is 0 Å². The number of ether oxygens (including phenoxy) is 1. The van der Waals surface area contributed by atoms with Crippen molar-refractivity contribution in [2.45, 2.75) is 37.6 Å². The molecule has 0 spiro atoms. The van der Waals surface area contributed by atoms with E-state index in [1.807, 2.05) is 0 Å². The van der Waals surface area contributed by atoms with Crippen LogP contribution in [-0.4, -0.2) is 18.6 Å². The predicted molar refractivity (Wildman–Crippen MR) is 49.0 cm³/mol. The van der Waals surface area contributed by atoms with Crippen LogP contribution in [0.1, 0.15) is 32.1 Å². The maximum atomic E-state index is 11.4. The summed E-state index contributed by atoms with van der Waals surface area (Å²) in [6, 6.07) is 0. The van der Waals surface area contributed by atoms with Crippen molar-refractivity contribution in [2.75, 3.05) is 7.11 Å². The maximum absolute atomic E-state index is 11.4. The first-order valence-corrected chi connectivity index (χ1v) is 5.01. The van der Waals surface area contributed by atoms with Crippen LogP contribution in [0.2, 0.25) is 0 Å². The quantitative estimate of drug-likeness (QED) is 0.618. The highest BCUT2D eigenvalue weighted by Gasteiger charge is 2.46.